The quantitative estimate of drug-likeness (QED) is 0.703. The van der Waals surface area contributed by atoms with Crippen LogP contribution >= 0.6 is 0 Å². The lowest BCUT2D eigenvalue weighted by molar-refractivity contribution is 0.102. The fraction of sp³-hybridized carbons (Fsp3) is 0.208. The third kappa shape index (κ3) is 5.00. The molecule has 3 aromatic carbocycles. The third-order valence-electron chi connectivity index (χ3n) is 5.20. The van der Waals surface area contributed by atoms with Gasteiger partial charge in [-0.3, -0.25) is 9.69 Å². The number of amides is 1. The first kappa shape index (κ1) is 19.2. The normalized spacial score (nSPS) is 14.6. The fourth-order valence-electron chi connectivity index (χ4n) is 3.59. The number of piperazine rings is 1. The van der Waals surface area contributed by atoms with E-state index in [4.69, 9.17) is 0 Å². The van der Waals surface area contributed by atoms with Crippen LogP contribution in [0, 0.1) is 5.82 Å². The molecule has 4 rings (SSSR count). The Balaban J connectivity index is 1.31. The molecular formula is C24H24FN3O. The van der Waals surface area contributed by atoms with Gasteiger partial charge >= 0.3 is 0 Å². The summed E-state index contributed by atoms with van der Waals surface area (Å²) in [5.41, 5.74) is 3.50. The predicted molar refractivity (Wildman–Crippen MR) is 115 cm³/mol. The second-order valence-electron chi connectivity index (χ2n) is 7.26. The number of hydrogen-bond donors (Lipinski definition) is 1. The average Bonchev–Trinajstić information content (AvgIpc) is 2.76. The summed E-state index contributed by atoms with van der Waals surface area (Å²) in [6, 6.07) is 24.1. The first-order chi connectivity index (χ1) is 14.2. The molecule has 1 fully saturated rings. The van der Waals surface area contributed by atoms with E-state index in [0.717, 1.165) is 38.4 Å². The molecule has 0 bridgehead atoms. The summed E-state index contributed by atoms with van der Waals surface area (Å²) in [5, 5.41) is 2.82. The Hall–Kier alpha value is -3.18. The molecule has 3 aromatic rings. The molecule has 0 aliphatic carbocycles. The molecule has 1 amide bonds. The van der Waals surface area contributed by atoms with Gasteiger partial charge in [0.15, 0.2) is 0 Å². The molecule has 0 atom stereocenters. The molecule has 1 N–H and O–H groups in total. The van der Waals surface area contributed by atoms with Gasteiger partial charge in [0.1, 0.15) is 5.82 Å². The number of carbonyl (C=O) groups excluding carboxylic acids is 1. The summed E-state index contributed by atoms with van der Waals surface area (Å²) >= 11 is 0. The summed E-state index contributed by atoms with van der Waals surface area (Å²) in [6.45, 7) is 4.98. The van der Waals surface area contributed by atoms with Crippen LogP contribution in [0.2, 0.25) is 0 Å². The van der Waals surface area contributed by atoms with Crippen molar-refractivity contribution in [1.29, 1.82) is 0 Å². The van der Waals surface area contributed by atoms with Gasteiger partial charge in [-0.2, -0.15) is 0 Å². The van der Waals surface area contributed by atoms with E-state index in [1.165, 1.54) is 23.8 Å². The van der Waals surface area contributed by atoms with Gasteiger partial charge in [-0.15, -0.1) is 0 Å². The van der Waals surface area contributed by atoms with Gasteiger partial charge in [0.2, 0.25) is 0 Å². The molecule has 148 valence electrons. The van der Waals surface area contributed by atoms with Crippen molar-refractivity contribution in [3.05, 3.63) is 95.8 Å². The van der Waals surface area contributed by atoms with Crippen LogP contribution in [0.25, 0.3) is 0 Å². The maximum atomic E-state index is 13.3. The molecule has 4 nitrogen and oxygen atoms in total. The minimum Gasteiger partial charge on any atom is -0.369 e. The molecule has 0 radical (unpaired) electrons. The Morgan fingerprint density at radius 1 is 0.862 bits per heavy atom. The zero-order valence-corrected chi connectivity index (χ0v) is 16.2. The average molecular weight is 389 g/mol. The summed E-state index contributed by atoms with van der Waals surface area (Å²) in [4.78, 5) is 17.1. The van der Waals surface area contributed by atoms with Crippen LogP contribution in [0.3, 0.4) is 0 Å². The van der Waals surface area contributed by atoms with Crippen molar-refractivity contribution in [2.24, 2.45) is 0 Å². The number of nitrogens with one attached hydrogen (secondary N) is 1. The summed E-state index contributed by atoms with van der Waals surface area (Å²) in [7, 11) is 0. The summed E-state index contributed by atoms with van der Waals surface area (Å²) < 4.78 is 13.3. The van der Waals surface area contributed by atoms with Crippen LogP contribution in [0.4, 0.5) is 15.8 Å². The molecule has 5 heteroatoms. The predicted octanol–water partition coefficient (Wildman–Crippen LogP) is 4.40. The van der Waals surface area contributed by atoms with Gasteiger partial charge in [-0.25, -0.2) is 4.39 Å². The third-order valence-corrected chi connectivity index (χ3v) is 5.20. The van der Waals surface area contributed by atoms with E-state index in [0.29, 0.717) is 11.3 Å². The lowest BCUT2D eigenvalue weighted by Crippen LogP contribution is -2.45. The van der Waals surface area contributed by atoms with Gasteiger partial charge in [-0.1, -0.05) is 36.4 Å². The van der Waals surface area contributed by atoms with Gasteiger partial charge in [0, 0.05) is 49.7 Å². The van der Waals surface area contributed by atoms with Crippen molar-refractivity contribution in [3.63, 3.8) is 0 Å². The maximum absolute atomic E-state index is 13.3. The fourth-order valence-corrected chi connectivity index (χ4v) is 3.59. The molecule has 0 saturated carbocycles. The van der Waals surface area contributed by atoms with E-state index < -0.39 is 5.82 Å². The molecular weight excluding hydrogens is 365 g/mol. The van der Waals surface area contributed by atoms with Crippen molar-refractivity contribution in [2.75, 3.05) is 36.4 Å². The summed E-state index contributed by atoms with van der Waals surface area (Å²) in [6.07, 6.45) is 0. The Morgan fingerprint density at radius 2 is 1.59 bits per heavy atom. The molecule has 0 unspecified atom stereocenters. The van der Waals surface area contributed by atoms with Crippen molar-refractivity contribution in [1.82, 2.24) is 4.90 Å². The highest BCUT2D eigenvalue weighted by atomic mass is 19.1. The van der Waals surface area contributed by atoms with E-state index in [9.17, 15) is 9.18 Å². The van der Waals surface area contributed by atoms with Crippen LogP contribution in [0.5, 0.6) is 0 Å². The van der Waals surface area contributed by atoms with Gasteiger partial charge in [-0.05, 0) is 48.0 Å². The molecule has 1 heterocycles. The summed E-state index contributed by atoms with van der Waals surface area (Å²) in [5.74, 6) is -0.730. The highest BCUT2D eigenvalue weighted by Crippen LogP contribution is 2.21. The minimum atomic E-state index is -0.417. The smallest absolute Gasteiger partial charge is 0.255 e. The van der Waals surface area contributed by atoms with Crippen molar-refractivity contribution < 1.29 is 9.18 Å². The monoisotopic (exact) mass is 389 g/mol. The SMILES string of the molecule is O=C(Nc1ccc(N2CCN(Cc3ccccc3)CC2)cc1)c1cccc(F)c1. The van der Waals surface area contributed by atoms with Crippen LogP contribution in [0.15, 0.2) is 78.9 Å². The molecule has 0 spiro atoms. The van der Waals surface area contributed by atoms with Gasteiger partial charge in [0.25, 0.3) is 5.91 Å². The van der Waals surface area contributed by atoms with Gasteiger partial charge < -0.3 is 10.2 Å². The molecule has 1 aliphatic heterocycles. The number of carbonyl (C=O) groups is 1. The lowest BCUT2D eigenvalue weighted by atomic mass is 10.1. The highest BCUT2D eigenvalue weighted by Gasteiger charge is 2.17. The van der Waals surface area contributed by atoms with Crippen LogP contribution in [-0.2, 0) is 6.54 Å². The molecule has 1 aliphatic rings. The second kappa shape index (κ2) is 8.88. The second-order valence-corrected chi connectivity index (χ2v) is 7.26. The van der Waals surface area contributed by atoms with E-state index in [-0.39, 0.29) is 5.91 Å². The van der Waals surface area contributed by atoms with E-state index in [1.54, 1.807) is 6.07 Å². The Labute approximate surface area is 170 Å². The van der Waals surface area contributed by atoms with Crippen LogP contribution in [-0.4, -0.2) is 37.0 Å². The highest BCUT2D eigenvalue weighted by molar-refractivity contribution is 6.04. The van der Waals surface area contributed by atoms with Crippen LogP contribution in [0.1, 0.15) is 15.9 Å². The molecule has 1 saturated heterocycles. The molecule has 29 heavy (non-hydrogen) atoms. The largest absolute Gasteiger partial charge is 0.369 e. The number of hydrogen-bond acceptors (Lipinski definition) is 3. The Morgan fingerprint density at radius 3 is 2.28 bits per heavy atom. The first-order valence-electron chi connectivity index (χ1n) is 9.85. The zero-order valence-electron chi connectivity index (χ0n) is 16.2. The lowest BCUT2D eigenvalue weighted by Gasteiger charge is -2.36. The van der Waals surface area contributed by atoms with E-state index in [2.05, 4.69) is 39.4 Å². The van der Waals surface area contributed by atoms with E-state index >= 15 is 0 Å². The van der Waals surface area contributed by atoms with Gasteiger partial charge in [0.05, 0.1) is 0 Å². The number of halogens is 1. The minimum absolute atomic E-state index is 0.309. The number of anilines is 2. The zero-order chi connectivity index (χ0) is 20.1. The number of benzene rings is 3. The first-order valence-corrected chi connectivity index (χ1v) is 9.85. The molecule has 0 aromatic heterocycles. The van der Waals surface area contributed by atoms with Crippen LogP contribution < -0.4 is 10.2 Å². The topological polar surface area (TPSA) is 35.6 Å². The standard InChI is InChI=1S/C24H24FN3O/c25-21-8-4-7-20(17-21)24(29)26-22-9-11-23(12-10-22)28-15-13-27(14-16-28)18-19-5-2-1-3-6-19/h1-12,17H,13-16,18H2,(H,26,29). The van der Waals surface area contributed by atoms with Crippen molar-refractivity contribution in [2.45, 2.75) is 6.54 Å². The number of nitrogens with zero attached hydrogens (tertiary/aromatic N) is 2. The number of rotatable bonds is 5. The maximum Gasteiger partial charge on any atom is 0.255 e. The Kier molecular flexibility index (Phi) is 5.86. The van der Waals surface area contributed by atoms with Crippen molar-refractivity contribution in [3.8, 4) is 0 Å². The Bertz CT molecular complexity index is 951. The van der Waals surface area contributed by atoms with E-state index in [1.807, 2.05) is 30.3 Å². The van der Waals surface area contributed by atoms with Crippen molar-refractivity contribution >= 4 is 17.3 Å².